The van der Waals surface area contributed by atoms with Gasteiger partial charge in [-0.05, 0) is 37.0 Å². The van der Waals surface area contributed by atoms with Crippen molar-refractivity contribution in [1.29, 1.82) is 0 Å². The van der Waals surface area contributed by atoms with Crippen LogP contribution in [0.4, 0.5) is 5.95 Å². The predicted molar refractivity (Wildman–Crippen MR) is 97.0 cm³/mol. The van der Waals surface area contributed by atoms with Crippen LogP contribution in [0.25, 0.3) is 22.4 Å². The molecule has 1 N–H and O–H groups in total. The predicted octanol–water partition coefficient (Wildman–Crippen LogP) is 2.28. The summed E-state index contributed by atoms with van der Waals surface area (Å²) in [6, 6.07) is 6.36. The van der Waals surface area contributed by atoms with Gasteiger partial charge in [0.25, 0.3) is 0 Å². The van der Waals surface area contributed by atoms with Crippen LogP contribution in [0.15, 0.2) is 43.0 Å². The van der Waals surface area contributed by atoms with Crippen LogP contribution >= 0.6 is 0 Å². The van der Waals surface area contributed by atoms with Crippen molar-refractivity contribution in [3.05, 3.63) is 43.0 Å². The topological polar surface area (TPSA) is 81.6 Å². The second-order valence-corrected chi connectivity index (χ2v) is 6.72. The van der Waals surface area contributed by atoms with Gasteiger partial charge in [0, 0.05) is 43.9 Å². The minimum Gasteiger partial charge on any atom is -0.384 e. The highest BCUT2D eigenvalue weighted by Crippen LogP contribution is 2.30. The van der Waals surface area contributed by atoms with E-state index in [0.29, 0.717) is 17.9 Å². The summed E-state index contributed by atoms with van der Waals surface area (Å²) in [5, 5.41) is 12.6. The number of methoxy groups -OCH3 is 1. The van der Waals surface area contributed by atoms with Crippen LogP contribution in [-0.2, 0) is 4.74 Å². The van der Waals surface area contributed by atoms with E-state index in [-0.39, 0.29) is 0 Å². The van der Waals surface area contributed by atoms with E-state index in [4.69, 9.17) is 4.74 Å². The Bertz CT molecular complexity index is 1060. The van der Waals surface area contributed by atoms with Gasteiger partial charge < -0.3 is 10.1 Å². The lowest BCUT2D eigenvalue weighted by Crippen LogP contribution is -2.38. The van der Waals surface area contributed by atoms with E-state index in [0.717, 1.165) is 41.9 Å². The van der Waals surface area contributed by atoms with Crippen LogP contribution in [0, 0.1) is 5.92 Å². The molecular weight excluding hydrogens is 330 g/mol. The summed E-state index contributed by atoms with van der Waals surface area (Å²) in [6.45, 7) is 0.827. The maximum absolute atomic E-state index is 5.19. The van der Waals surface area contributed by atoms with Crippen LogP contribution in [0.3, 0.4) is 0 Å². The average Bonchev–Trinajstić information content (AvgIpc) is 3.25. The van der Waals surface area contributed by atoms with Crippen molar-refractivity contribution in [2.45, 2.75) is 18.9 Å². The summed E-state index contributed by atoms with van der Waals surface area (Å²) < 4.78 is 8.80. The largest absolute Gasteiger partial charge is 0.384 e. The van der Waals surface area contributed by atoms with Gasteiger partial charge in [-0.15, -0.1) is 5.10 Å². The molecule has 4 heterocycles. The summed E-state index contributed by atoms with van der Waals surface area (Å²) >= 11 is 0. The van der Waals surface area contributed by atoms with Gasteiger partial charge in [-0.3, -0.25) is 0 Å². The molecule has 1 fully saturated rings. The van der Waals surface area contributed by atoms with Gasteiger partial charge in [0.2, 0.25) is 5.95 Å². The first-order chi connectivity index (χ1) is 12.8. The molecule has 8 nitrogen and oxygen atoms in total. The van der Waals surface area contributed by atoms with Gasteiger partial charge >= 0.3 is 0 Å². The molecule has 0 aromatic carbocycles. The van der Waals surface area contributed by atoms with E-state index in [1.165, 1.54) is 0 Å². The molecule has 4 aromatic rings. The van der Waals surface area contributed by atoms with Crippen molar-refractivity contribution >= 4 is 17.1 Å². The SMILES string of the molecule is COC[C@H]1C[C@H](Nc2ncc3c(-c4ccc5nccn5n4)ccn3n2)C1. The Morgan fingerprint density at radius 3 is 2.92 bits per heavy atom. The molecule has 0 unspecified atom stereocenters. The molecule has 4 aromatic heterocycles. The number of fused-ring (bicyclic) bond motifs is 2. The van der Waals surface area contributed by atoms with E-state index in [1.54, 1.807) is 17.8 Å². The highest BCUT2D eigenvalue weighted by molar-refractivity contribution is 5.78. The fourth-order valence-electron chi connectivity index (χ4n) is 3.55. The molecule has 0 amide bonds. The minimum absolute atomic E-state index is 0.424. The average molecular weight is 349 g/mol. The molecule has 0 saturated heterocycles. The van der Waals surface area contributed by atoms with Crippen LogP contribution < -0.4 is 5.32 Å². The van der Waals surface area contributed by atoms with Gasteiger partial charge in [0.15, 0.2) is 5.65 Å². The third-order valence-corrected chi connectivity index (χ3v) is 4.92. The molecule has 0 bridgehead atoms. The molecule has 0 atom stereocenters. The van der Waals surface area contributed by atoms with Gasteiger partial charge in [-0.2, -0.15) is 5.10 Å². The maximum atomic E-state index is 5.19. The number of hydrogen-bond acceptors (Lipinski definition) is 6. The van der Waals surface area contributed by atoms with Crippen LogP contribution in [0.5, 0.6) is 0 Å². The lowest BCUT2D eigenvalue weighted by molar-refractivity contribution is 0.104. The molecule has 1 aliphatic carbocycles. The molecule has 1 aliphatic rings. The van der Waals surface area contributed by atoms with Gasteiger partial charge in [-0.1, -0.05) is 0 Å². The Kier molecular flexibility index (Phi) is 3.56. The Hall–Kier alpha value is -3.00. The first kappa shape index (κ1) is 15.3. The molecule has 0 radical (unpaired) electrons. The first-order valence-electron chi connectivity index (χ1n) is 8.71. The summed E-state index contributed by atoms with van der Waals surface area (Å²) in [5.41, 5.74) is 3.61. The second-order valence-electron chi connectivity index (χ2n) is 6.72. The number of rotatable bonds is 5. The van der Waals surface area contributed by atoms with E-state index in [9.17, 15) is 0 Å². The molecular formula is C18H19N7O. The van der Waals surface area contributed by atoms with Gasteiger partial charge in [0.05, 0.1) is 17.4 Å². The van der Waals surface area contributed by atoms with Crippen molar-refractivity contribution in [2.24, 2.45) is 5.92 Å². The van der Waals surface area contributed by atoms with E-state index >= 15 is 0 Å². The molecule has 1 saturated carbocycles. The number of aromatic nitrogens is 6. The molecule has 5 rings (SSSR count). The molecule has 0 spiro atoms. The zero-order chi connectivity index (χ0) is 17.5. The Balaban J connectivity index is 1.39. The zero-order valence-corrected chi connectivity index (χ0v) is 14.4. The summed E-state index contributed by atoms with van der Waals surface area (Å²) in [5.74, 6) is 1.29. The monoisotopic (exact) mass is 349 g/mol. The number of hydrogen-bond donors (Lipinski definition) is 1. The lowest BCUT2D eigenvalue weighted by atomic mass is 9.81. The lowest BCUT2D eigenvalue weighted by Gasteiger charge is -2.35. The van der Waals surface area contributed by atoms with E-state index in [1.807, 2.05) is 41.3 Å². The number of anilines is 1. The highest BCUT2D eigenvalue weighted by atomic mass is 16.5. The van der Waals surface area contributed by atoms with Crippen LogP contribution in [-0.4, -0.2) is 49.0 Å². The first-order valence-corrected chi connectivity index (χ1v) is 8.71. The normalized spacial score (nSPS) is 19.7. The summed E-state index contributed by atoms with van der Waals surface area (Å²) in [4.78, 5) is 8.72. The number of nitrogens with zero attached hydrogens (tertiary/aromatic N) is 6. The fraction of sp³-hybridized carbons (Fsp3) is 0.333. The minimum atomic E-state index is 0.424. The van der Waals surface area contributed by atoms with Crippen LogP contribution in [0.1, 0.15) is 12.8 Å². The van der Waals surface area contributed by atoms with Gasteiger partial charge in [0.1, 0.15) is 0 Å². The van der Waals surface area contributed by atoms with E-state index in [2.05, 4.69) is 25.5 Å². The standard InChI is InChI=1S/C18H19N7O/c1-26-11-12-8-13(9-12)21-18-20-10-16-14(4-6-24(16)23-18)15-2-3-17-19-5-7-25(17)22-15/h2-7,10,12-13H,8-9,11H2,1H3,(H,21,23)/t12-,13-. The summed E-state index contributed by atoms with van der Waals surface area (Å²) in [6.07, 6.45) is 9.55. The highest BCUT2D eigenvalue weighted by Gasteiger charge is 2.29. The maximum Gasteiger partial charge on any atom is 0.241 e. The number of ether oxygens (including phenoxy) is 1. The van der Waals surface area contributed by atoms with E-state index < -0.39 is 0 Å². The second kappa shape index (κ2) is 6.06. The number of imidazole rings is 1. The smallest absolute Gasteiger partial charge is 0.241 e. The van der Waals surface area contributed by atoms with Crippen molar-refractivity contribution in [3.8, 4) is 11.3 Å². The third-order valence-electron chi connectivity index (χ3n) is 4.92. The van der Waals surface area contributed by atoms with Gasteiger partial charge in [-0.25, -0.2) is 19.0 Å². The molecule has 26 heavy (non-hydrogen) atoms. The van der Waals surface area contributed by atoms with Crippen molar-refractivity contribution < 1.29 is 4.74 Å². The molecule has 8 heteroatoms. The van der Waals surface area contributed by atoms with Crippen molar-refractivity contribution in [2.75, 3.05) is 19.0 Å². The van der Waals surface area contributed by atoms with Crippen molar-refractivity contribution in [1.82, 2.24) is 29.2 Å². The molecule has 132 valence electrons. The van der Waals surface area contributed by atoms with Crippen molar-refractivity contribution in [3.63, 3.8) is 0 Å². The zero-order valence-electron chi connectivity index (χ0n) is 14.4. The third kappa shape index (κ3) is 2.59. The Morgan fingerprint density at radius 2 is 2.04 bits per heavy atom. The summed E-state index contributed by atoms with van der Waals surface area (Å²) in [7, 11) is 1.75. The fourth-order valence-corrected chi connectivity index (χ4v) is 3.55. The number of nitrogens with one attached hydrogen (secondary N) is 1. The quantitative estimate of drug-likeness (QED) is 0.595. The van der Waals surface area contributed by atoms with Crippen LogP contribution in [0.2, 0.25) is 0 Å². The molecule has 0 aliphatic heterocycles. The Labute approximate surface area is 149 Å². The Morgan fingerprint density at radius 1 is 1.12 bits per heavy atom.